The number of aromatic nitrogens is 3. The molecule has 178 valence electrons. The number of nitrogens with one attached hydrogen (secondary N) is 1. The second kappa shape index (κ2) is 8.57. The van der Waals surface area contributed by atoms with E-state index >= 15 is 0 Å². The summed E-state index contributed by atoms with van der Waals surface area (Å²) in [5, 5.41) is 16.6. The fourth-order valence-corrected chi connectivity index (χ4v) is 3.60. The number of nitrogens with zero attached hydrogens (tertiary/aromatic N) is 4. The first-order chi connectivity index (χ1) is 16.0. The summed E-state index contributed by atoms with van der Waals surface area (Å²) in [5.74, 6) is -0.384. The zero-order chi connectivity index (χ0) is 24.6. The molecular weight excluding hydrogens is 459 g/mol. The molecule has 1 aromatic carbocycles. The average Bonchev–Trinajstić information content (AvgIpc) is 2.78. The number of benzene rings is 1. The molecule has 1 aliphatic heterocycles. The number of pyridine rings is 1. The molecule has 1 aliphatic rings. The van der Waals surface area contributed by atoms with Gasteiger partial charge in [0.05, 0.1) is 12.2 Å². The highest BCUT2D eigenvalue weighted by atomic mass is 19.4. The van der Waals surface area contributed by atoms with Gasteiger partial charge in [-0.25, -0.2) is 4.79 Å². The summed E-state index contributed by atoms with van der Waals surface area (Å²) in [4.78, 5) is 38.3. The topological polar surface area (TPSA) is 119 Å². The van der Waals surface area contributed by atoms with Crippen LogP contribution in [-0.2, 0) is 20.0 Å². The molecule has 0 atom stereocenters. The second-order valence-corrected chi connectivity index (χ2v) is 7.48. The molecule has 13 heteroatoms. The molecule has 0 saturated heterocycles. The van der Waals surface area contributed by atoms with Crippen LogP contribution < -0.4 is 21.2 Å². The Bertz CT molecular complexity index is 1370. The van der Waals surface area contributed by atoms with Crippen molar-refractivity contribution in [1.82, 2.24) is 19.2 Å². The Morgan fingerprint density at radius 3 is 2.47 bits per heavy atom. The van der Waals surface area contributed by atoms with Gasteiger partial charge in [0.15, 0.2) is 5.82 Å². The quantitative estimate of drug-likeness (QED) is 0.593. The van der Waals surface area contributed by atoms with Crippen molar-refractivity contribution in [2.24, 2.45) is 7.05 Å². The number of aryl methyl sites for hydroxylation is 1. The Kier molecular flexibility index (Phi) is 5.77. The van der Waals surface area contributed by atoms with E-state index in [1.807, 2.05) is 0 Å². The maximum Gasteiger partial charge on any atom is 0.573 e. The Morgan fingerprint density at radius 1 is 1.12 bits per heavy atom. The molecule has 0 radical (unpaired) electrons. The van der Waals surface area contributed by atoms with E-state index in [0.29, 0.717) is 11.1 Å². The SMILES string of the molecule is Cn1cccc(Nc2nn(-c3ccc(OC(F)(F)F)cc3)c(=O)c3c2CN(C(=O)O)CC3)c1=O. The van der Waals surface area contributed by atoms with Crippen LogP contribution in [-0.4, -0.2) is 43.4 Å². The van der Waals surface area contributed by atoms with Gasteiger partial charge in [-0.15, -0.1) is 18.3 Å². The van der Waals surface area contributed by atoms with E-state index in [1.54, 1.807) is 19.3 Å². The smallest absolute Gasteiger partial charge is 0.465 e. The van der Waals surface area contributed by atoms with E-state index < -0.39 is 23.8 Å². The first kappa shape index (κ1) is 22.9. The van der Waals surface area contributed by atoms with Crippen molar-refractivity contribution < 1.29 is 27.8 Å². The van der Waals surface area contributed by atoms with Crippen molar-refractivity contribution in [3.05, 3.63) is 74.4 Å². The minimum absolute atomic E-state index is 0.0759. The number of hydrogen-bond donors (Lipinski definition) is 2. The maximum atomic E-state index is 13.2. The van der Waals surface area contributed by atoms with Crippen LogP contribution in [0.4, 0.5) is 29.5 Å². The molecule has 0 aliphatic carbocycles. The van der Waals surface area contributed by atoms with Crippen molar-refractivity contribution in [3.63, 3.8) is 0 Å². The molecule has 10 nitrogen and oxygen atoms in total. The van der Waals surface area contributed by atoms with Crippen LogP contribution in [0.2, 0.25) is 0 Å². The zero-order valence-electron chi connectivity index (χ0n) is 17.7. The fraction of sp³-hybridized carbons (Fsp3) is 0.238. The maximum absolute atomic E-state index is 13.2. The van der Waals surface area contributed by atoms with Crippen LogP contribution in [0.1, 0.15) is 11.1 Å². The van der Waals surface area contributed by atoms with Crippen LogP contribution in [0, 0.1) is 0 Å². The van der Waals surface area contributed by atoms with Crippen LogP contribution in [0.15, 0.2) is 52.2 Å². The van der Waals surface area contributed by atoms with E-state index in [9.17, 15) is 32.7 Å². The van der Waals surface area contributed by atoms with Gasteiger partial charge in [0.1, 0.15) is 11.4 Å². The van der Waals surface area contributed by atoms with E-state index in [4.69, 9.17) is 0 Å². The van der Waals surface area contributed by atoms with Crippen molar-refractivity contribution in [3.8, 4) is 11.4 Å². The summed E-state index contributed by atoms with van der Waals surface area (Å²) in [6.07, 6.45) is -4.39. The van der Waals surface area contributed by atoms with Crippen molar-refractivity contribution in [2.45, 2.75) is 19.3 Å². The highest BCUT2D eigenvalue weighted by molar-refractivity contribution is 5.67. The average molecular weight is 477 g/mol. The molecule has 2 aromatic heterocycles. The molecule has 0 fully saturated rings. The highest BCUT2D eigenvalue weighted by Crippen LogP contribution is 2.27. The van der Waals surface area contributed by atoms with Crippen molar-refractivity contribution >= 4 is 17.6 Å². The molecule has 34 heavy (non-hydrogen) atoms. The molecule has 2 N–H and O–H groups in total. The Hall–Kier alpha value is -4.29. The summed E-state index contributed by atoms with van der Waals surface area (Å²) in [6.45, 7) is -0.0475. The summed E-state index contributed by atoms with van der Waals surface area (Å²) in [7, 11) is 1.55. The van der Waals surface area contributed by atoms with Gasteiger partial charge in [-0.2, -0.15) is 4.68 Å². The zero-order valence-corrected chi connectivity index (χ0v) is 17.7. The third-order valence-electron chi connectivity index (χ3n) is 5.24. The predicted molar refractivity (Wildman–Crippen MR) is 114 cm³/mol. The minimum Gasteiger partial charge on any atom is -0.465 e. The number of rotatable bonds is 4. The number of ether oxygens (including phenoxy) is 1. The Balaban J connectivity index is 1.82. The summed E-state index contributed by atoms with van der Waals surface area (Å²) < 4.78 is 43.5. The standard InChI is InChI=1S/C21H18F3N5O5/c1-27-9-2-3-16(19(27)31)25-17-15-11-28(20(32)33)10-8-14(15)18(30)29(26-17)12-4-6-13(7-5-12)34-21(22,23)24/h2-7,9H,8,10-11H2,1H3,(H,25,26)(H,32,33). The first-order valence-corrected chi connectivity index (χ1v) is 9.95. The molecule has 1 amide bonds. The number of alkyl halides is 3. The number of hydrogen-bond acceptors (Lipinski definition) is 6. The third-order valence-corrected chi connectivity index (χ3v) is 5.24. The lowest BCUT2D eigenvalue weighted by Crippen LogP contribution is -2.40. The monoisotopic (exact) mass is 477 g/mol. The number of carboxylic acid groups (broad SMARTS) is 1. The van der Waals surface area contributed by atoms with Crippen LogP contribution in [0.3, 0.4) is 0 Å². The number of fused-ring (bicyclic) bond motifs is 1. The van der Waals surface area contributed by atoms with Gasteiger partial charge in [-0.05, 0) is 42.8 Å². The van der Waals surface area contributed by atoms with E-state index in [0.717, 1.165) is 21.7 Å². The molecular formula is C21H18F3N5O5. The largest absolute Gasteiger partial charge is 0.573 e. The molecule has 0 saturated carbocycles. The second-order valence-electron chi connectivity index (χ2n) is 7.48. The fourth-order valence-electron chi connectivity index (χ4n) is 3.60. The number of anilines is 2. The van der Waals surface area contributed by atoms with Gasteiger partial charge in [-0.1, -0.05) is 0 Å². The predicted octanol–water partition coefficient (Wildman–Crippen LogP) is 2.61. The van der Waals surface area contributed by atoms with Crippen LogP contribution >= 0.6 is 0 Å². The van der Waals surface area contributed by atoms with Crippen LogP contribution in [0.5, 0.6) is 5.75 Å². The van der Waals surface area contributed by atoms with Gasteiger partial charge in [-0.3, -0.25) is 9.59 Å². The van der Waals surface area contributed by atoms with E-state index in [-0.39, 0.29) is 42.3 Å². The normalized spacial score (nSPS) is 13.4. The summed E-state index contributed by atoms with van der Waals surface area (Å²) in [6, 6.07) is 7.69. The number of amides is 1. The van der Waals surface area contributed by atoms with Gasteiger partial charge in [0.2, 0.25) is 0 Å². The Labute approximate surface area is 189 Å². The molecule has 4 rings (SSSR count). The molecule has 3 aromatic rings. The minimum atomic E-state index is -4.86. The van der Waals surface area contributed by atoms with Gasteiger partial charge < -0.3 is 24.6 Å². The van der Waals surface area contributed by atoms with Gasteiger partial charge in [0, 0.05) is 30.9 Å². The molecule has 0 spiro atoms. The lowest BCUT2D eigenvalue weighted by Gasteiger charge is -2.28. The van der Waals surface area contributed by atoms with Gasteiger partial charge in [0.25, 0.3) is 11.1 Å². The van der Waals surface area contributed by atoms with Gasteiger partial charge >= 0.3 is 12.5 Å². The van der Waals surface area contributed by atoms with Crippen molar-refractivity contribution in [1.29, 1.82) is 0 Å². The number of carbonyl (C=O) groups is 1. The first-order valence-electron chi connectivity index (χ1n) is 9.95. The lowest BCUT2D eigenvalue weighted by atomic mass is 10.0. The molecule has 0 bridgehead atoms. The highest BCUT2D eigenvalue weighted by Gasteiger charge is 2.31. The van der Waals surface area contributed by atoms with Crippen molar-refractivity contribution in [2.75, 3.05) is 11.9 Å². The lowest BCUT2D eigenvalue weighted by molar-refractivity contribution is -0.274. The number of halogens is 3. The molecule has 0 unspecified atom stereocenters. The molecule has 3 heterocycles. The summed E-state index contributed by atoms with van der Waals surface area (Å²) in [5.41, 5.74) is -0.0131. The Morgan fingerprint density at radius 2 is 1.82 bits per heavy atom. The summed E-state index contributed by atoms with van der Waals surface area (Å²) >= 11 is 0. The van der Waals surface area contributed by atoms with E-state index in [1.165, 1.54) is 22.8 Å². The van der Waals surface area contributed by atoms with E-state index in [2.05, 4.69) is 15.2 Å². The van der Waals surface area contributed by atoms with Crippen LogP contribution in [0.25, 0.3) is 5.69 Å². The third kappa shape index (κ3) is 4.58.